The van der Waals surface area contributed by atoms with E-state index in [0.717, 1.165) is 0 Å². The van der Waals surface area contributed by atoms with E-state index in [-0.39, 0.29) is 0 Å². The van der Waals surface area contributed by atoms with Crippen LogP contribution in [0.3, 0.4) is 0 Å². The molecule has 0 radical (unpaired) electrons. The van der Waals surface area contributed by atoms with Crippen LogP contribution in [0.1, 0.15) is 0 Å². The summed E-state index contributed by atoms with van der Waals surface area (Å²) in [5, 5.41) is 9.65. The third kappa shape index (κ3) is 1.43. The summed E-state index contributed by atoms with van der Waals surface area (Å²) in [5.41, 5.74) is 6.88. The second-order valence-corrected chi connectivity index (χ2v) is 1.46. The molecule has 0 bridgehead atoms. The van der Waals surface area contributed by atoms with Gasteiger partial charge in [0.1, 0.15) is 12.3 Å². The average Bonchev–Trinajstić information content (AvgIpc) is 1.67. The van der Waals surface area contributed by atoms with Crippen molar-refractivity contribution in [3.63, 3.8) is 0 Å². The number of alkyl halides is 1. The van der Waals surface area contributed by atoms with E-state index in [9.17, 15) is 14.3 Å². The minimum atomic E-state index is -2.32. The SMILES string of the molecule is NC(N)(CF)C(=O)[O-]. The Kier molecular flexibility index (Phi) is 1.88. The van der Waals surface area contributed by atoms with Crippen molar-refractivity contribution in [1.82, 2.24) is 0 Å². The van der Waals surface area contributed by atoms with Crippen LogP contribution in [-0.2, 0) is 4.79 Å². The molecule has 0 saturated heterocycles. The molecule has 0 aromatic carbocycles. The Morgan fingerprint density at radius 3 is 2.12 bits per heavy atom. The molecular weight excluding hydrogens is 115 g/mol. The first kappa shape index (κ1) is 7.32. The molecule has 0 aliphatic rings. The van der Waals surface area contributed by atoms with E-state index in [4.69, 9.17) is 0 Å². The zero-order valence-electron chi connectivity index (χ0n) is 4.06. The molecule has 0 aromatic heterocycles. The van der Waals surface area contributed by atoms with Gasteiger partial charge in [-0.15, -0.1) is 0 Å². The highest BCUT2D eigenvalue weighted by atomic mass is 19.1. The highest BCUT2D eigenvalue weighted by Gasteiger charge is 2.19. The summed E-state index contributed by atoms with van der Waals surface area (Å²) >= 11 is 0. The normalized spacial score (nSPS) is 11.4. The molecule has 0 atom stereocenters. The highest BCUT2D eigenvalue weighted by molar-refractivity contribution is 5.75. The van der Waals surface area contributed by atoms with Crippen LogP contribution < -0.4 is 16.6 Å². The van der Waals surface area contributed by atoms with Crippen LogP contribution in [-0.4, -0.2) is 18.3 Å². The first-order chi connectivity index (χ1) is 3.50. The second-order valence-electron chi connectivity index (χ2n) is 1.46. The number of hydrogen-bond donors (Lipinski definition) is 2. The summed E-state index contributed by atoms with van der Waals surface area (Å²) in [5.74, 6) is -1.79. The largest absolute Gasteiger partial charge is 0.547 e. The van der Waals surface area contributed by atoms with Crippen LogP contribution in [0.25, 0.3) is 0 Å². The Bertz CT molecular complexity index is 103. The lowest BCUT2D eigenvalue weighted by Crippen LogP contribution is -2.63. The predicted molar refractivity (Wildman–Crippen MR) is 22.1 cm³/mol. The summed E-state index contributed by atoms with van der Waals surface area (Å²) < 4.78 is 11.4. The molecule has 0 spiro atoms. The van der Waals surface area contributed by atoms with Gasteiger partial charge in [-0.05, 0) is 0 Å². The molecule has 4 nitrogen and oxygen atoms in total. The summed E-state index contributed by atoms with van der Waals surface area (Å²) in [6, 6.07) is 0. The van der Waals surface area contributed by atoms with E-state index in [1.807, 2.05) is 0 Å². The number of rotatable bonds is 2. The van der Waals surface area contributed by atoms with Crippen LogP contribution in [0.5, 0.6) is 0 Å². The maximum atomic E-state index is 11.4. The van der Waals surface area contributed by atoms with Gasteiger partial charge in [0, 0.05) is 0 Å². The molecule has 0 aliphatic heterocycles. The Morgan fingerprint density at radius 1 is 1.75 bits per heavy atom. The third-order valence-electron chi connectivity index (χ3n) is 0.601. The van der Waals surface area contributed by atoms with Crippen LogP contribution in [0.15, 0.2) is 0 Å². The Hall–Kier alpha value is -0.680. The Labute approximate surface area is 45.3 Å². The van der Waals surface area contributed by atoms with Crippen molar-refractivity contribution in [2.45, 2.75) is 5.66 Å². The Balaban J connectivity index is 3.91. The number of halogens is 1. The number of aliphatic carboxylic acids is 1. The number of carboxylic acids is 1. The lowest BCUT2D eigenvalue weighted by Gasteiger charge is -2.20. The van der Waals surface area contributed by atoms with E-state index in [1.54, 1.807) is 0 Å². The van der Waals surface area contributed by atoms with Gasteiger partial charge >= 0.3 is 0 Å². The van der Waals surface area contributed by atoms with Gasteiger partial charge < -0.3 is 21.4 Å². The first-order valence-electron chi connectivity index (χ1n) is 1.86. The van der Waals surface area contributed by atoms with Crippen molar-refractivity contribution in [2.24, 2.45) is 11.5 Å². The van der Waals surface area contributed by atoms with Crippen molar-refractivity contribution < 1.29 is 14.3 Å². The molecule has 0 saturated carbocycles. The number of carboxylic acid groups (broad SMARTS) is 1. The number of hydrogen-bond acceptors (Lipinski definition) is 4. The smallest absolute Gasteiger partial charge is 0.134 e. The topological polar surface area (TPSA) is 92.2 Å². The summed E-state index contributed by atoms with van der Waals surface area (Å²) in [4.78, 5) is 9.65. The first-order valence-corrected chi connectivity index (χ1v) is 1.86. The summed E-state index contributed by atoms with van der Waals surface area (Å²) in [6.07, 6.45) is 0. The maximum Gasteiger partial charge on any atom is 0.134 e. The van der Waals surface area contributed by atoms with Gasteiger partial charge in [-0.1, -0.05) is 0 Å². The molecule has 0 unspecified atom stereocenters. The number of nitrogens with two attached hydrogens (primary N) is 2. The molecule has 0 fully saturated rings. The lowest BCUT2D eigenvalue weighted by molar-refractivity contribution is -0.313. The second kappa shape index (κ2) is 2.06. The van der Waals surface area contributed by atoms with E-state index in [2.05, 4.69) is 11.5 Å². The predicted octanol–water partition coefficient (Wildman–Crippen LogP) is -2.68. The van der Waals surface area contributed by atoms with Gasteiger partial charge in [0.15, 0.2) is 0 Å². The molecular formula is C3H6FN2O2-. The zero-order valence-corrected chi connectivity index (χ0v) is 4.06. The average molecular weight is 121 g/mol. The quantitative estimate of drug-likeness (QED) is 0.389. The molecule has 0 amide bonds. The van der Waals surface area contributed by atoms with Crippen molar-refractivity contribution in [3.8, 4) is 0 Å². The highest BCUT2D eigenvalue weighted by Crippen LogP contribution is 1.86. The molecule has 48 valence electrons. The van der Waals surface area contributed by atoms with Crippen LogP contribution in [0.2, 0.25) is 0 Å². The molecule has 0 heterocycles. The van der Waals surface area contributed by atoms with Gasteiger partial charge in [-0.3, -0.25) is 0 Å². The van der Waals surface area contributed by atoms with Crippen molar-refractivity contribution in [1.29, 1.82) is 0 Å². The number of carbonyl (C=O) groups excluding carboxylic acids is 1. The van der Waals surface area contributed by atoms with Crippen LogP contribution >= 0.6 is 0 Å². The van der Waals surface area contributed by atoms with Crippen LogP contribution in [0, 0.1) is 0 Å². The van der Waals surface area contributed by atoms with E-state index >= 15 is 0 Å². The van der Waals surface area contributed by atoms with E-state index in [0.29, 0.717) is 0 Å². The zero-order chi connectivity index (χ0) is 6.78. The molecule has 0 rings (SSSR count). The van der Waals surface area contributed by atoms with Crippen molar-refractivity contribution in [2.75, 3.05) is 6.67 Å². The van der Waals surface area contributed by atoms with Gasteiger partial charge in [-0.25, -0.2) is 4.39 Å². The summed E-state index contributed by atoms with van der Waals surface area (Å²) in [7, 11) is 0. The molecule has 0 aromatic rings. The van der Waals surface area contributed by atoms with Gasteiger partial charge in [0.05, 0.1) is 5.97 Å². The molecule has 0 aliphatic carbocycles. The minimum absolute atomic E-state index is 1.32. The summed E-state index contributed by atoms with van der Waals surface area (Å²) in [6.45, 7) is -1.32. The van der Waals surface area contributed by atoms with Gasteiger partial charge in [-0.2, -0.15) is 0 Å². The minimum Gasteiger partial charge on any atom is -0.547 e. The van der Waals surface area contributed by atoms with Crippen LogP contribution in [0.4, 0.5) is 4.39 Å². The third-order valence-corrected chi connectivity index (χ3v) is 0.601. The monoisotopic (exact) mass is 121 g/mol. The van der Waals surface area contributed by atoms with Crippen molar-refractivity contribution in [3.05, 3.63) is 0 Å². The lowest BCUT2D eigenvalue weighted by atomic mass is 10.2. The van der Waals surface area contributed by atoms with E-state index < -0.39 is 18.3 Å². The van der Waals surface area contributed by atoms with Crippen molar-refractivity contribution >= 4 is 5.97 Å². The molecule has 5 heteroatoms. The fourth-order valence-corrected chi connectivity index (χ4v) is 0.0546. The molecule has 4 N–H and O–H groups in total. The fraction of sp³-hybridized carbons (Fsp3) is 0.667. The van der Waals surface area contributed by atoms with Gasteiger partial charge in [0.2, 0.25) is 0 Å². The fourth-order valence-electron chi connectivity index (χ4n) is 0.0546. The maximum absolute atomic E-state index is 11.4. The standard InChI is InChI=1S/C3H7FN2O2/c4-1-3(5,6)2(7)8/h1,5-6H2,(H,7,8)/p-1. The molecule has 8 heavy (non-hydrogen) atoms. The Morgan fingerprint density at radius 2 is 2.12 bits per heavy atom. The van der Waals surface area contributed by atoms with E-state index in [1.165, 1.54) is 0 Å². The number of carbonyl (C=O) groups is 1. The van der Waals surface area contributed by atoms with Gasteiger partial charge in [0.25, 0.3) is 0 Å².